The van der Waals surface area contributed by atoms with Crippen molar-refractivity contribution in [3.63, 3.8) is 0 Å². The van der Waals surface area contributed by atoms with Crippen LogP contribution in [0.5, 0.6) is 11.5 Å². The molecule has 5 rings (SSSR count). The highest BCUT2D eigenvalue weighted by atomic mass is 35.5. The topological polar surface area (TPSA) is 42.0 Å². The minimum absolute atomic E-state index is 0.221. The quantitative estimate of drug-likeness (QED) is 0.715. The molecular formula is C24H27ClN2O3. The van der Waals surface area contributed by atoms with E-state index in [0.29, 0.717) is 17.5 Å². The highest BCUT2D eigenvalue weighted by Gasteiger charge is 2.65. The van der Waals surface area contributed by atoms with Crippen LogP contribution in [0, 0.1) is 5.92 Å². The predicted octanol–water partition coefficient (Wildman–Crippen LogP) is 4.30. The number of carbonyl (C=O) groups excluding carboxylic acids is 1. The zero-order valence-electron chi connectivity index (χ0n) is 17.4. The Bertz CT molecular complexity index is 958. The van der Waals surface area contributed by atoms with Crippen LogP contribution in [0.25, 0.3) is 0 Å². The number of hydrogen-bond acceptors (Lipinski definition) is 4. The van der Waals surface area contributed by atoms with Crippen LogP contribution in [0.3, 0.4) is 0 Å². The van der Waals surface area contributed by atoms with Crippen molar-refractivity contribution in [1.82, 2.24) is 9.80 Å². The SMILES string of the molecule is COc1cc(OC)cc([C@@H]2C[C@H]3CN(Cc4cccc(Cl)c4)C(=O)[C@]34CCCN24)c1. The number of benzene rings is 2. The lowest BCUT2D eigenvalue weighted by atomic mass is 9.85. The fraction of sp³-hybridized carbons (Fsp3) is 0.458. The number of amides is 1. The maximum absolute atomic E-state index is 13.7. The Balaban J connectivity index is 1.43. The fourth-order valence-corrected chi connectivity index (χ4v) is 6.12. The highest BCUT2D eigenvalue weighted by molar-refractivity contribution is 6.30. The van der Waals surface area contributed by atoms with E-state index in [4.69, 9.17) is 21.1 Å². The zero-order valence-corrected chi connectivity index (χ0v) is 18.2. The van der Waals surface area contributed by atoms with Crippen molar-refractivity contribution in [2.24, 2.45) is 5.92 Å². The second-order valence-electron chi connectivity index (χ2n) is 8.63. The van der Waals surface area contributed by atoms with Crippen molar-refractivity contribution in [1.29, 1.82) is 0 Å². The van der Waals surface area contributed by atoms with Gasteiger partial charge in [-0.05, 0) is 61.2 Å². The number of nitrogens with zero attached hydrogens (tertiary/aromatic N) is 2. The molecule has 6 heteroatoms. The molecule has 158 valence electrons. The molecular weight excluding hydrogens is 400 g/mol. The summed E-state index contributed by atoms with van der Waals surface area (Å²) in [5.41, 5.74) is 1.90. The van der Waals surface area contributed by atoms with E-state index in [2.05, 4.69) is 17.0 Å². The van der Waals surface area contributed by atoms with Gasteiger partial charge < -0.3 is 14.4 Å². The Labute approximate surface area is 182 Å². The summed E-state index contributed by atoms with van der Waals surface area (Å²) in [5.74, 6) is 2.21. The summed E-state index contributed by atoms with van der Waals surface area (Å²) in [4.78, 5) is 18.2. The van der Waals surface area contributed by atoms with Gasteiger partial charge in [-0.3, -0.25) is 9.69 Å². The summed E-state index contributed by atoms with van der Waals surface area (Å²) in [6.45, 7) is 2.39. The van der Waals surface area contributed by atoms with Crippen LogP contribution in [0.15, 0.2) is 42.5 Å². The molecule has 0 unspecified atom stereocenters. The molecule has 3 fully saturated rings. The third kappa shape index (κ3) is 2.98. The van der Waals surface area contributed by atoms with Crippen molar-refractivity contribution in [2.45, 2.75) is 37.4 Å². The van der Waals surface area contributed by atoms with Gasteiger partial charge in [0.05, 0.1) is 14.2 Å². The maximum atomic E-state index is 13.7. The normalized spacial score (nSPS) is 28.0. The Morgan fingerprint density at radius 1 is 1.13 bits per heavy atom. The van der Waals surface area contributed by atoms with Gasteiger partial charge in [0.2, 0.25) is 5.91 Å². The van der Waals surface area contributed by atoms with E-state index in [1.165, 1.54) is 5.56 Å². The van der Waals surface area contributed by atoms with Gasteiger partial charge in [-0.2, -0.15) is 0 Å². The Hall–Kier alpha value is -2.24. The van der Waals surface area contributed by atoms with Crippen LogP contribution in [0.2, 0.25) is 5.02 Å². The van der Waals surface area contributed by atoms with Gasteiger partial charge in [-0.1, -0.05) is 23.7 Å². The van der Waals surface area contributed by atoms with Crippen LogP contribution < -0.4 is 9.47 Å². The fourth-order valence-electron chi connectivity index (χ4n) is 5.91. The van der Waals surface area contributed by atoms with Gasteiger partial charge in [-0.15, -0.1) is 0 Å². The molecule has 3 aliphatic heterocycles. The Morgan fingerprint density at radius 2 is 1.90 bits per heavy atom. The van der Waals surface area contributed by atoms with Crippen molar-refractivity contribution in [3.05, 3.63) is 58.6 Å². The molecule has 30 heavy (non-hydrogen) atoms. The molecule has 0 aliphatic carbocycles. The van der Waals surface area contributed by atoms with Crippen molar-refractivity contribution >= 4 is 17.5 Å². The highest BCUT2D eigenvalue weighted by Crippen LogP contribution is 2.56. The first-order valence-corrected chi connectivity index (χ1v) is 11.0. The van der Waals surface area contributed by atoms with E-state index in [9.17, 15) is 4.79 Å². The standard InChI is InChI=1S/C24H27ClN2O3/c1-29-20-10-17(11-21(13-20)30-2)22-12-18-15-26(14-16-5-3-6-19(25)9-16)23(28)24(18)7-4-8-27(22)24/h3,5-6,9-11,13,18,22H,4,7-8,12,14-15H2,1-2H3/t18-,22-,24-/m0/s1. The number of likely N-dealkylation sites (tertiary alicyclic amines) is 1. The molecule has 0 radical (unpaired) electrons. The smallest absolute Gasteiger partial charge is 0.243 e. The van der Waals surface area contributed by atoms with E-state index in [0.717, 1.165) is 49.4 Å². The lowest BCUT2D eigenvalue weighted by Gasteiger charge is -2.34. The lowest BCUT2D eigenvalue weighted by Crippen LogP contribution is -2.49. The number of rotatable bonds is 5. The first kappa shape index (κ1) is 19.7. The van der Waals surface area contributed by atoms with Gasteiger partial charge in [-0.25, -0.2) is 0 Å². The molecule has 3 aliphatic rings. The van der Waals surface area contributed by atoms with Crippen molar-refractivity contribution in [2.75, 3.05) is 27.3 Å². The maximum Gasteiger partial charge on any atom is 0.243 e. The first-order chi connectivity index (χ1) is 14.5. The average molecular weight is 427 g/mol. The molecule has 0 saturated carbocycles. The van der Waals surface area contributed by atoms with E-state index in [-0.39, 0.29) is 17.5 Å². The van der Waals surface area contributed by atoms with Crippen LogP contribution in [0.4, 0.5) is 0 Å². The number of carbonyl (C=O) groups is 1. The summed E-state index contributed by atoms with van der Waals surface area (Å²) >= 11 is 6.15. The van der Waals surface area contributed by atoms with E-state index in [1.807, 2.05) is 35.2 Å². The summed E-state index contributed by atoms with van der Waals surface area (Å²) < 4.78 is 11.0. The molecule has 0 N–H and O–H groups in total. The molecule has 3 atom stereocenters. The second-order valence-corrected chi connectivity index (χ2v) is 9.07. The van der Waals surface area contributed by atoms with Crippen LogP contribution in [0.1, 0.15) is 36.4 Å². The monoisotopic (exact) mass is 426 g/mol. The van der Waals surface area contributed by atoms with Gasteiger partial charge in [0.25, 0.3) is 0 Å². The molecule has 0 aromatic heterocycles. The average Bonchev–Trinajstić information content (AvgIpc) is 3.38. The number of ether oxygens (including phenoxy) is 2. The molecule has 5 nitrogen and oxygen atoms in total. The number of methoxy groups -OCH3 is 2. The second kappa shape index (κ2) is 7.47. The minimum Gasteiger partial charge on any atom is -0.497 e. The van der Waals surface area contributed by atoms with Crippen LogP contribution in [-0.2, 0) is 11.3 Å². The molecule has 3 saturated heterocycles. The Morgan fingerprint density at radius 3 is 2.60 bits per heavy atom. The zero-order chi connectivity index (χ0) is 20.9. The lowest BCUT2D eigenvalue weighted by molar-refractivity contribution is -0.137. The molecule has 1 spiro atoms. The summed E-state index contributed by atoms with van der Waals surface area (Å²) in [6, 6.07) is 14.1. The van der Waals surface area contributed by atoms with Gasteiger partial charge in [0.1, 0.15) is 17.0 Å². The molecule has 0 bridgehead atoms. The predicted molar refractivity (Wildman–Crippen MR) is 116 cm³/mol. The molecule has 1 amide bonds. The van der Waals surface area contributed by atoms with Crippen molar-refractivity contribution < 1.29 is 14.3 Å². The van der Waals surface area contributed by atoms with Crippen LogP contribution in [-0.4, -0.2) is 48.6 Å². The summed E-state index contributed by atoms with van der Waals surface area (Å²) in [7, 11) is 3.35. The van der Waals surface area contributed by atoms with Gasteiger partial charge >= 0.3 is 0 Å². The van der Waals surface area contributed by atoms with E-state index < -0.39 is 0 Å². The minimum atomic E-state index is -0.362. The summed E-state index contributed by atoms with van der Waals surface area (Å²) in [6.07, 6.45) is 2.99. The summed E-state index contributed by atoms with van der Waals surface area (Å²) in [5, 5.41) is 0.715. The molecule has 3 heterocycles. The van der Waals surface area contributed by atoms with E-state index in [1.54, 1.807) is 14.2 Å². The largest absolute Gasteiger partial charge is 0.497 e. The van der Waals surface area contributed by atoms with Crippen LogP contribution >= 0.6 is 11.6 Å². The third-order valence-electron chi connectivity index (χ3n) is 7.15. The molecule has 2 aromatic rings. The van der Waals surface area contributed by atoms with Crippen molar-refractivity contribution in [3.8, 4) is 11.5 Å². The Kier molecular flexibility index (Phi) is 4.91. The first-order valence-electron chi connectivity index (χ1n) is 10.6. The molecule has 2 aromatic carbocycles. The van der Waals surface area contributed by atoms with E-state index >= 15 is 0 Å². The third-order valence-corrected chi connectivity index (χ3v) is 7.38. The number of hydrogen-bond donors (Lipinski definition) is 0. The number of halogens is 1. The van der Waals surface area contributed by atoms with Gasteiger partial charge in [0.15, 0.2) is 0 Å². The van der Waals surface area contributed by atoms with Gasteiger partial charge in [0, 0.05) is 36.1 Å².